The van der Waals surface area contributed by atoms with Crippen molar-refractivity contribution in [2.24, 2.45) is 5.92 Å². The second-order valence-electron chi connectivity index (χ2n) is 3.50. The van der Waals surface area contributed by atoms with Crippen molar-refractivity contribution in [3.05, 3.63) is 12.2 Å². The minimum Gasteiger partial charge on any atom is -0.393 e. The van der Waals surface area contributed by atoms with Gasteiger partial charge in [-0.3, -0.25) is 0 Å². The fraction of sp³-hybridized carbons (Fsp3) is 0.800. The quantitative estimate of drug-likeness (QED) is 0.654. The summed E-state index contributed by atoms with van der Waals surface area (Å²) in [5, 5.41) is 9.59. The van der Waals surface area contributed by atoms with E-state index in [2.05, 4.69) is 13.5 Å². The van der Waals surface area contributed by atoms with Crippen molar-refractivity contribution in [1.82, 2.24) is 0 Å². The molecule has 0 aromatic carbocycles. The highest BCUT2D eigenvalue weighted by molar-refractivity contribution is 4.96. The molecule has 0 radical (unpaired) electrons. The van der Waals surface area contributed by atoms with E-state index in [4.69, 9.17) is 4.74 Å². The highest BCUT2D eigenvalue weighted by Crippen LogP contribution is 2.22. The fourth-order valence-corrected chi connectivity index (χ4v) is 1.50. The van der Waals surface area contributed by atoms with Gasteiger partial charge < -0.3 is 9.84 Å². The molecule has 1 heterocycles. The van der Waals surface area contributed by atoms with E-state index in [1.54, 1.807) is 0 Å². The van der Waals surface area contributed by atoms with E-state index in [1.165, 1.54) is 5.57 Å². The molecule has 0 saturated carbocycles. The maximum Gasteiger partial charge on any atom is 0.0615 e. The van der Waals surface area contributed by atoms with Crippen LogP contribution in [0.4, 0.5) is 0 Å². The van der Waals surface area contributed by atoms with Gasteiger partial charge >= 0.3 is 0 Å². The van der Waals surface area contributed by atoms with Crippen LogP contribution in [0, 0.1) is 5.92 Å². The summed E-state index contributed by atoms with van der Waals surface area (Å²) in [6.07, 6.45) is 2.52. The van der Waals surface area contributed by atoms with Crippen molar-refractivity contribution in [3.63, 3.8) is 0 Å². The molecule has 1 aliphatic rings. The van der Waals surface area contributed by atoms with Gasteiger partial charge in [0.25, 0.3) is 0 Å². The predicted octanol–water partition coefficient (Wildman–Crippen LogP) is 1.74. The Morgan fingerprint density at radius 2 is 2.42 bits per heavy atom. The zero-order valence-corrected chi connectivity index (χ0v) is 7.75. The lowest BCUT2D eigenvalue weighted by molar-refractivity contribution is -0.0351. The van der Waals surface area contributed by atoms with E-state index in [9.17, 15) is 5.11 Å². The molecule has 2 heteroatoms. The molecule has 2 atom stereocenters. The van der Waals surface area contributed by atoms with Crippen LogP contribution >= 0.6 is 0 Å². The van der Waals surface area contributed by atoms with E-state index >= 15 is 0 Å². The van der Waals surface area contributed by atoms with Gasteiger partial charge in [-0.15, -0.1) is 0 Å². The molecule has 0 aromatic heterocycles. The molecule has 0 spiro atoms. The van der Waals surface area contributed by atoms with Gasteiger partial charge in [-0.1, -0.05) is 19.1 Å². The largest absolute Gasteiger partial charge is 0.393 e. The van der Waals surface area contributed by atoms with Gasteiger partial charge in [0, 0.05) is 12.5 Å². The third-order valence-electron chi connectivity index (χ3n) is 2.48. The summed E-state index contributed by atoms with van der Waals surface area (Å²) in [5.41, 5.74) is 1.21. The fourth-order valence-electron chi connectivity index (χ4n) is 1.50. The third-order valence-corrected chi connectivity index (χ3v) is 2.48. The summed E-state index contributed by atoms with van der Waals surface area (Å²) in [4.78, 5) is 0. The maximum absolute atomic E-state index is 9.59. The van der Waals surface area contributed by atoms with Crippen molar-refractivity contribution in [1.29, 1.82) is 0 Å². The Hall–Kier alpha value is -0.340. The Labute approximate surface area is 74.2 Å². The molecule has 0 aromatic rings. The Morgan fingerprint density at radius 1 is 1.67 bits per heavy atom. The zero-order chi connectivity index (χ0) is 8.97. The summed E-state index contributed by atoms with van der Waals surface area (Å²) in [6, 6.07) is 0. The molecule has 1 saturated heterocycles. The highest BCUT2D eigenvalue weighted by atomic mass is 16.5. The van der Waals surface area contributed by atoms with E-state index in [0.29, 0.717) is 13.2 Å². The van der Waals surface area contributed by atoms with Crippen molar-refractivity contribution in [2.45, 2.75) is 32.3 Å². The second-order valence-corrected chi connectivity index (χ2v) is 3.50. The van der Waals surface area contributed by atoms with Crippen LogP contribution < -0.4 is 0 Å². The van der Waals surface area contributed by atoms with Gasteiger partial charge in [-0.25, -0.2) is 0 Å². The number of rotatable bonds is 3. The third kappa shape index (κ3) is 2.61. The summed E-state index contributed by atoms with van der Waals surface area (Å²) < 4.78 is 5.30. The average Bonchev–Trinajstić information content (AvgIpc) is 2.09. The Balaban J connectivity index is 2.33. The van der Waals surface area contributed by atoms with Crippen molar-refractivity contribution in [3.8, 4) is 0 Å². The molecule has 1 N–H and O–H groups in total. The summed E-state index contributed by atoms with van der Waals surface area (Å²) >= 11 is 0. The van der Waals surface area contributed by atoms with E-state index in [0.717, 1.165) is 19.3 Å². The molecule has 70 valence electrons. The number of allylic oxidation sites excluding steroid dienone is 1. The molecular formula is C10H18O2. The lowest BCUT2D eigenvalue weighted by Gasteiger charge is -2.28. The standard InChI is InChI=1S/C10H18O2/c1-3-8(2)6-9-7-12-5-4-10(9)11/h9-11H,2-7H2,1H3. The molecule has 2 unspecified atom stereocenters. The topological polar surface area (TPSA) is 29.5 Å². The highest BCUT2D eigenvalue weighted by Gasteiger charge is 2.23. The molecule has 0 aliphatic carbocycles. The van der Waals surface area contributed by atoms with Crippen molar-refractivity contribution >= 4 is 0 Å². The summed E-state index contributed by atoms with van der Waals surface area (Å²) in [5.74, 6) is 0.284. The minimum atomic E-state index is -0.179. The SMILES string of the molecule is C=C(CC)CC1COCCC1O. The molecule has 1 fully saturated rings. The minimum absolute atomic E-state index is 0.179. The average molecular weight is 170 g/mol. The molecular weight excluding hydrogens is 152 g/mol. The van der Waals surface area contributed by atoms with Crippen LogP contribution in [0.25, 0.3) is 0 Å². The second kappa shape index (κ2) is 4.63. The number of hydrogen-bond acceptors (Lipinski definition) is 2. The van der Waals surface area contributed by atoms with E-state index < -0.39 is 0 Å². The first-order valence-corrected chi connectivity index (χ1v) is 4.66. The van der Waals surface area contributed by atoms with E-state index in [1.807, 2.05) is 0 Å². The van der Waals surface area contributed by atoms with Crippen molar-refractivity contribution in [2.75, 3.05) is 13.2 Å². The first-order chi connectivity index (χ1) is 5.74. The van der Waals surface area contributed by atoms with Crippen LogP contribution in [0.2, 0.25) is 0 Å². The first kappa shape index (κ1) is 9.75. The molecule has 1 aliphatic heterocycles. The Bertz CT molecular complexity index is 154. The summed E-state index contributed by atoms with van der Waals surface area (Å²) in [6.45, 7) is 7.43. The molecule has 0 bridgehead atoms. The predicted molar refractivity (Wildman–Crippen MR) is 49.0 cm³/mol. The number of ether oxygens (including phenoxy) is 1. The van der Waals surface area contributed by atoms with Gasteiger partial charge in [-0.2, -0.15) is 0 Å². The van der Waals surface area contributed by atoms with Gasteiger partial charge in [0.05, 0.1) is 12.7 Å². The lowest BCUT2D eigenvalue weighted by atomic mass is 9.91. The van der Waals surface area contributed by atoms with Crippen LogP contribution in [0.5, 0.6) is 0 Å². The van der Waals surface area contributed by atoms with Crippen LogP contribution in [-0.4, -0.2) is 24.4 Å². The number of aliphatic hydroxyl groups is 1. The van der Waals surface area contributed by atoms with Gasteiger partial charge in [0.15, 0.2) is 0 Å². The van der Waals surface area contributed by atoms with Crippen LogP contribution in [0.15, 0.2) is 12.2 Å². The molecule has 1 rings (SSSR count). The zero-order valence-electron chi connectivity index (χ0n) is 7.75. The smallest absolute Gasteiger partial charge is 0.0615 e. The van der Waals surface area contributed by atoms with Crippen LogP contribution in [-0.2, 0) is 4.74 Å². The Morgan fingerprint density at radius 3 is 3.00 bits per heavy atom. The lowest BCUT2D eigenvalue weighted by Crippen LogP contribution is -2.31. The maximum atomic E-state index is 9.59. The Kier molecular flexibility index (Phi) is 3.76. The van der Waals surface area contributed by atoms with Crippen molar-refractivity contribution < 1.29 is 9.84 Å². The van der Waals surface area contributed by atoms with Gasteiger partial charge in [-0.05, 0) is 19.3 Å². The first-order valence-electron chi connectivity index (χ1n) is 4.66. The molecule has 2 nitrogen and oxygen atoms in total. The van der Waals surface area contributed by atoms with Crippen LogP contribution in [0.1, 0.15) is 26.2 Å². The monoisotopic (exact) mass is 170 g/mol. The van der Waals surface area contributed by atoms with Gasteiger partial charge in [0.2, 0.25) is 0 Å². The molecule has 0 amide bonds. The number of aliphatic hydroxyl groups excluding tert-OH is 1. The van der Waals surface area contributed by atoms with Crippen LogP contribution in [0.3, 0.4) is 0 Å². The normalized spacial score (nSPS) is 30.2. The molecule has 12 heavy (non-hydrogen) atoms. The summed E-state index contributed by atoms with van der Waals surface area (Å²) in [7, 11) is 0. The van der Waals surface area contributed by atoms with E-state index in [-0.39, 0.29) is 12.0 Å². The number of hydrogen-bond donors (Lipinski definition) is 1. The van der Waals surface area contributed by atoms with Gasteiger partial charge in [0.1, 0.15) is 0 Å².